The monoisotopic (exact) mass is 347 g/mol. The second-order valence-corrected chi connectivity index (χ2v) is 5.79. The minimum atomic E-state index is -0.0862. The first kappa shape index (κ1) is 17.5. The lowest BCUT2D eigenvalue weighted by Crippen LogP contribution is -2.25. The van der Waals surface area contributed by atoms with Crippen LogP contribution in [-0.4, -0.2) is 19.6 Å². The Morgan fingerprint density at radius 2 is 1.38 bits per heavy atom. The number of carbonyl (C=O) groups excluding carboxylic acids is 1. The third-order valence-corrected chi connectivity index (χ3v) is 3.95. The van der Waals surface area contributed by atoms with Crippen molar-refractivity contribution in [2.45, 2.75) is 6.42 Å². The highest BCUT2D eigenvalue weighted by molar-refractivity contribution is 5.94. The van der Waals surface area contributed by atoms with Gasteiger partial charge in [-0.15, -0.1) is 0 Å². The van der Waals surface area contributed by atoms with Crippen LogP contribution in [-0.2, 0) is 6.42 Å². The summed E-state index contributed by atoms with van der Waals surface area (Å²) in [4.78, 5) is 12.2. The zero-order valence-electron chi connectivity index (χ0n) is 14.6. The van der Waals surface area contributed by atoms with Gasteiger partial charge in [0.15, 0.2) is 0 Å². The molecule has 3 rings (SSSR count). The van der Waals surface area contributed by atoms with Crippen LogP contribution < -0.4 is 14.8 Å². The van der Waals surface area contributed by atoms with E-state index in [-0.39, 0.29) is 5.91 Å². The summed E-state index contributed by atoms with van der Waals surface area (Å²) >= 11 is 0. The molecule has 4 heteroatoms. The molecule has 4 nitrogen and oxygen atoms in total. The van der Waals surface area contributed by atoms with Crippen molar-refractivity contribution in [3.63, 3.8) is 0 Å². The molecule has 0 heterocycles. The molecule has 0 radical (unpaired) electrons. The number of methoxy groups -OCH3 is 1. The van der Waals surface area contributed by atoms with Gasteiger partial charge in [-0.1, -0.05) is 30.3 Å². The van der Waals surface area contributed by atoms with Gasteiger partial charge in [0.05, 0.1) is 7.11 Å². The standard InChI is InChI=1S/C22H21NO3/c1-25-19-11-13-21(14-12-19)26-20-9-7-18(8-10-20)22(24)23-16-15-17-5-3-2-4-6-17/h2-14H,15-16H2,1H3,(H,23,24). The molecule has 0 fully saturated rings. The topological polar surface area (TPSA) is 47.6 Å². The summed E-state index contributed by atoms with van der Waals surface area (Å²) < 4.78 is 10.9. The zero-order chi connectivity index (χ0) is 18.2. The molecule has 0 unspecified atom stereocenters. The van der Waals surface area contributed by atoms with Crippen LogP contribution in [0.4, 0.5) is 0 Å². The van der Waals surface area contributed by atoms with Gasteiger partial charge in [-0.25, -0.2) is 0 Å². The fourth-order valence-corrected chi connectivity index (χ4v) is 2.52. The van der Waals surface area contributed by atoms with E-state index in [1.807, 2.05) is 42.5 Å². The lowest BCUT2D eigenvalue weighted by atomic mass is 10.1. The van der Waals surface area contributed by atoms with Crippen molar-refractivity contribution in [1.29, 1.82) is 0 Å². The van der Waals surface area contributed by atoms with Crippen molar-refractivity contribution >= 4 is 5.91 Å². The highest BCUT2D eigenvalue weighted by Crippen LogP contribution is 2.24. The maximum absolute atomic E-state index is 12.2. The highest BCUT2D eigenvalue weighted by atomic mass is 16.5. The van der Waals surface area contributed by atoms with Gasteiger partial charge in [0.2, 0.25) is 0 Å². The number of amides is 1. The van der Waals surface area contributed by atoms with E-state index in [0.717, 1.165) is 12.2 Å². The van der Waals surface area contributed by atoms with Crippen LogP contribution in [0.5, 0.6) is 17.2 Å². The van der Waals surface area contributed by atoms with E-state index < -0.39 is 0 Å². The van der Waals surface area contributed by atoms with E-state index in [4.69, 9.17) is 9.47 Å². The van der Waals surface area contributed by atoms with Crippen molar-refractivity contribution in [2.75, 3.05) is 13.7 Å². The van der Waals surface area contributed by atoms with Gasteiger partial charge in [0.25, 0.3) is 5.91 Å². The van der Waals surface area contributed by atoms with Crippen molar-refractivity contribution in [1.82, 2.24) is 5.32 Å². The number of hydrogen-bond acceptors (Lipinski definition) is 3. The van der Waals surface area contributed by atoms with Gasteiger partial charge >= 0.3 is 0 Å². The van der Waals surface area contributed by atoms with Crippen molar-refractivity contribution in [2.24, 2.45) is 0 Å². The fraction of sp³-hybridized carbons (Fsp3) is 0.136. The van der Waals surface area contributed by atoms with E-state index >= 15 is 0 Å². The lowest BCUT2D eigenvalue weighted by molar-refractivity contribution is 0.0954. The van der Waals surface area contributed by atoms with Crippen LogP contribution in [0.15, 0.2) is 78.9 Å². The number of benzene rings is 3. The molecule has 26 heavy (non-hydrogen) atoms. The summed E-state index contributed by atoms with van der Waals surface area (Å²) in [7, 11) is 1.62. The van der Waals surface area contributed by atoms with E-state index in [1.165, 1.54) is 5.56 Å². The molecule has 0 saturated carbocycles. The molecule has 0 aliphatic heterocycles. The van der Waals surface area contributed by atoms with Crippen molar-refractivity contribution in [3.05, 3.63) is 90.0 Å². The first-order valence-electron chi connectivity index (χ1n) is 8.49. The molecular weight excluding hydrogens is 326 g/mol. The minimum absolute atomic E-state index is 0.0862. The normalized spacial score (nSPS) is 10.2. The Bertz CT molecular complexity index is 828. The summed E-state index contributed by atoms with van der Waals surface area (Å²) in [5.41, 5.74) is 1.82. The molecule has 0 bridgehead atoms. The number of nitrogens with one attached hydrogen (secondary N) is 1. The molecule has 0 saturated heterocycles. The minimum Gasteiger partial charge on any atom is -0.497 e. The summed E-state index contributed by atoms with van der Waals surface area (Å²) in [6.07, 6.45) is 0.811. The van der Waals surface area contributed by atoms with Gasteiger partial charge in [0.1, 0.15) is 17.2 Å². The van der Waals surface area contributed by atoms with Gasteiger partial charge < -0.3 is 14.8 Å². The van der Waals surface area contributed by atoms with Gasteiger partial charge in [0, 0.05) is 12.1 Å². The maximum atomic E-state index is 12.2. The molecule has 132 valence electrons. The first-order chi connectivity index (χ1) is 12.7. The Kier molecular flexibility index (Phi) is 5.88. The third-order valence-electron chi connectivity index (χ3n) is 3.95. The van der Waals surface area contributed by atoms with Crippen LogP contribution in [0.25, 0.3) is 0 Å². The molecule has 0 atom stereocenters. The molecule has 1 amide bonds. The molecule has 3 aromatic rings. The maximum Gasteiger partial charge on any atom is 0.251 e. The molecular formula is C22H21NO3. The number of hydrogen-bond donors (Lipinski definition) is 1. The molecule has 3 aromatic carbocycles. The molecule has 0 aromatic heterocycles. The smallest absolute Gasteiger partial charge is 0.251 e. The van der Waals surface area contributed by atoms with Gasteiger partial charge in [-0.3, -0.25) is 4.79 Å². The Balaban J connectivity index is 1.52. The predicted octanol–water partition coefficient (Wildman–Crippen LogP) is 4.46. The average molecular weight is 347 g/mol. The van der Waals surface area contributed by atoms with Gasteiger partial charge in [-0.05, 0) is 60.5 Å². The Morgan fingerprint density at radius 1 is 0.808 bits per heavy atom. The number of ether oxygens (including phenoxy) is 2. The predicted molar refractivity (Wildman–Crippen MR) is 102 cm³/mol. The van der Waals surface area contributed by atoms with Crippen LogP contribution in [0.2, 0.25) is 0 Å². The van der Waals surface area contributed by atoms with Gasteiger partial charge in [-0.2, -0.15) is 0 Å². The average Bonchev–Trinajstić information content (AvgIpc) is 2.70. The second kappa shape index (κ2) is 8.72. The summed E-state index contributed by atoms with van der Waals surface area (Å²) in [6, 6.07) is 24.5. The second-order valence-electron chi connectivity index (χ2n) is 5.79. The summed E-state index contributed by atoms with van der Waals surface area (Å²) in [5.74, 6) is 2.08. The molecule has 0 aliphatic carbocycles. The third kappa shape index (κ3) is 4.86. The van der Waals surface area contributed by atoms with Crippen molar-refractivity contribution in [3.8, 4) is 17.2 Å². The van der Waals surface area contributed by atoms with E-state index in [1.54, 1.807) is 31.4 Å². The SMILES string of the molecule is COc1ccc(Oc2ccc(C(=O)NCCc3ccccc3)cc2)cc1. The molecule has 0 spiro atoms. The zero-order valence-corrected chi connectivity index (χ0v) is 14.6. The van der Waals surface area contributed by atoms with Crippen LogP contribution >= 0.6 is 0 Å². The largest absolute Gasteiger partial charge is 0.497 e. The van der Waals surface area contributed by atoms with E-state index in [9.17, 15) is 4.79 Å². The van der Waals surface area contributed by atoms with Crippen molar-refractivity contribution < 1.29 is 14.3 Å². The van der Waals surface area contributed by atoms with Crippen LogP contribution in [0.1, 0.15) is 15.9 Å². The van der Waals surface area contributed by atoms with Crippen LogP contribution in [0, 0.1) is 0 Å². The Hall–Kier alpha value is -3.27. The first-order valence-corrected chi connectivity index (χ1v) is 8.49. The quantitative estimate of drug-likeness (QED) is 0.686. The Morgan fingerprint density at radius 3 is 2.00 bits per heavy atom. The summed E-state index contributed by atoms with van der Waals surface area (Å²) in [6.45, 7) is 0.604. The van der Waals surface area contributed by atoms with E-state index in [0.29, 0.717) is 23.6 Å². The molecule has 0 aliphatic rings. The fourth-order valence-electron chi connectivity index (χ4n) is 2.52. The number of carbonyl (C=O) groups is 1. The van der Waals surface area contributed by atoms with E-state index in [2.05, 4.69) is 17.4 Å². The Labute approximate surface area is 153 Å². The molecule has 1 N–H and O–H groups in total. The summed E-state index contributed by atoms with van der Waals surface area (Å²) in [5, 5.41) is 2.94. The number of rotatable bonds is 7. The highest BCUT2D eigenvalue weighted by Gasteiger charge is 2.06. The lowest BCUT2D eigenvalue weighted by Gasteiger charge is -2.08. The van der Waals surface area contributed by atoms with Crippen LogP contribution in [0.3, 0.4) is 0 Å².